The molecule has 0 saturated carbocycles. The highest BCUT2D eigenvalue weighted by molar-refractivity contribution is 5.90. The van der Waals surface area contributed by atoms with Crippen LogP contribution in [0.1, 0.15) is 25.0 Å². The molecule has 2 nitrogen and oxygen atoms in total. The summed E-state index contributed by atoms with van der Waals surface area (Å²) in [7, 11) is 0. The highest BCUT2D eigenvalue weighted by atomic mass is 15.1. The van der Waals surface area contributed by atoms with Gasteiger partial charge < -0.3 is 9.80 Å². The fraction of sp³-hybridized carbons (Fsp3) is 0.0345. The topological polar surface area (TPSA) is 6.48 Å². The Hall–Kier alpha value is -11.3. The molecule has 0 unspecified atom stereocenters. The van der Waals surface area contributed by atoms with Crippen molar-refractivity contribution in [3.63, 3.8) is 0 Å². The SMILES string of the molecule is CC1(C)c2cc(N(c3ccc(-c4ccc(-c5ccccc5)cc4)cc3)c3ccc(-c4cccc(-c5ccccc5)c4)cc3)ccc2-c2ccc(N(c3ccc(-c4ccc(-c5ccccc5)cc4)cc3)c3ccc(-c4cccc(-c5ccccc5)c4)cc3)cc21. The van der Waals surface area contributed by atoms with Gasteiger partial charge in [0.1, 0.15) is 0 Å². The van der Waals surface area contributed by atoms with Crippen LogP contribution >= 0.6 is 0 Å². The van der Waals surface area contributed by atoms with E-state index in [4.69, 9.17) is 0 Å². The normalized spacial score (nSPS) is 12.0. The van der Waals surface area contributed by atoms with Crippen LogP contribution in [0.5, 0.6) is 0 Å². The van der Waals surface area contributed by atoms with Crippen LogP contribution in [0.2, 0.25) is 0 Å². The molecule has 1 aliphatic carbocycles. The van der Waals surface area contributed by atoms with E-state index in [1.165, 1.54) is 111 Å². The zero-order valence-electron chi connectivity index (χ0n) is 49.9. The maximum absolute atomic E-state index is 2.44. The number of hydrogen-bond donors (Lipinski definition) is 0. The van der Waals surface area contributed by atoms with Crippen LogP contribution < -0.4 is 9.80 Å². The second kappa shape index (κ2) is 23.5. The smallest absolute Gasteiger partial charge is 0.0465 e. The first-order valence-corrected chi connectivity index (χ1v) is 30.8. The first-order valence-electron chi connectivity index (χ1n) is 30.8. The van der Waals surface area contributed by atoms with Crippen molar-refractivity contribution in [2.75, 3.05) is 9.80 Å². The molecule has 422 valence electrons. The van der Waals surface area contributed by atoms with Crippen LogP contribution in [-0.2, 0) is 5.41 Å². The molecule has 1 aliphatic rings. The lowest BCUT2D eigenvalue weighted by atomic mass is 9.82. The highest BCUT2D eigenvalue weighted by Gasteiger charge is 2.37. The quantitative estimate of drug-likeness (QED) is 0.107. The van der Waals surface area contributed by atoms with E-state index in [0.717, 1.165) is 34.1 Å². The first kappa shape index (κ1) is 54.3. The van der Waals surface area contributed by atoms with Crippen LogP contribution in [0.25, 0.3) is 100 Å². The Bertz CT molecular complexity index is 4460. The fourth-order valence-corrected chi connectivity index (χ4v) is 13.1. The Labute approximate surface area is 523 Å². The minimum absolute atomic E-state index is 0.333. The Kier molecular flexibility index (Phi) is 14.4. The summed E-state index contributed by atoms with van der Waals surface area (Å²) in [6.45, 7) is 4.79. The average molecular weight is 1140 g/mol. The monoisotopic (exact) mass is 1140 g/mol. The van der Waals surface area contributed by atoms with E-state index in [9.17, 15) is 0 Å². The number of fused-ring (bicyclic) bond motifs is 3. The fourth-order valence-electron chi connectivity index (χ4n) is 13.1. The summed E-state index contributed by atoms with van der Waals surface area (Å²) in [4.78, 5) is 4.84. The zero-order valence-corrected chi connectivity index (χ0v) is 49.9. The lowest BCUT2D eigenvalue weighted by Crippen LogP contribution is -2.17. The van der Waals surface area contributed by atoms with E-state index < -0.39 is 0 Å². The van der Waals surface area contributed by atoms with Gasteiger partial charge in [-0.25, -0.2) is 0 Å². The van der Waals surface area contributed by atoms with Crippen molar-refractivity contribution in [1.82, 2.24) is 0 Å². The molecule has 0 fully saturated rings. The summed E-state index contributed by atoms with van der Waals surface area (Å²) in [5.41, 5.74) is 30.5. The summed E-state index contributed by atoms with van der Waals surface area (Å²) in [5.74, 6) is 0. The molecule has 15 rings (SSSR count). The number of benzene rings is 14. The zero-order chi connectivity index (χ0) is 59.7. The van der Waals surface area contributed by atoms with Gasteiger partial charge >= 0.3 is 0 Å². The molecule has 0 saturated heterocycles. The molecule has 0 bridgehead atoms. The van der Waals surface area contributed by atoms with Gasteiger partial charge in [-0.05, 0) is 196 Å². The molecule has 0 atom stereocenters. The van der Waals surface area contributed by atoms with E-state index >= 15 is 0 Å². The predicted molar refractivity (Wildman–Crippen MR) is 377 cm³/mol. The van der Waals surface area contributed by atoms with Crippen LogP contribution in [0, 0.1) is 0 Å². The molecule has 0 heterocycles. The third-order valence-corrected chi connectivity index (χ3v) is 17.9. The lowest BCUT2D eigenvalue weighted by Gasteiger charge is -2.29. The van der Waals surface area contributed by atoms with Crippen molar-refractivity contribution in [3.8, 4) is 100 Å². The van der Waals surface area contributed by atoms with Crippen molar-refractivity contribution in [1.29, 1.82) is 0 Å². The number of anilines is 6. The van der Waals surface area contributed by atoms with Gasteiger partial charge in [0.2, 0.25) is 0 Å². The Morgan fingerprint density at radius 2 is 0.360 bits per heavy atom. The molecule has 2 heteroatoms. The second-order valence-electron chi connectivity index (χ2n) is 23.7. The summed E-state index contributed by atoms with van der Waals surface area (Å²) in [6, 6.07) is 128. The van der Waals surface area contributed by atoms with Crippen molar-refractivity contribution < 1.29 is 0 Å². The molecule has 0 amide bonds. The minimum Gasteiger partial charge on any atom is -0.310 e. The van der Waals surface area contributed by atoms with Gasteiger partial charge in [-0.2, -0.15) is 0 Å². The molecule has 0 N–H and O–H groups in total. The van der Waals surface area contributed by atoms with Crippen molar-refractivity contribution in [3.05, 3.63) is 363 Å². The summed E-state index contributed by atoms with van der Waals surface area (Å²) < 4.78 is 0. The van der Waals surface area contributed by atoms with E-state index in [1.807, 2.05) is 0 Å². The number of nitrogens with zero attached hydrogens (tertiary/aromatic N) is 2. The lowest BCUT2D eigenvalue weighted by molar-refractivity contribution is 0.660. The molecule has 0 radical (unpaired) electrons. The Balaban J connectivity index is 0.781. The Morgan fingerprint density at radius 1 is 0.169 bits per heavy atom. The maximum Gasteiger partial charge on any atom is 0.0465 e. The third-order valence-electron chi connectivity index (χ3n) is 17.9. The van der Waals surface area contributed by atoms with E-state index in [0.29, 0.717) is 0 Å². The van der Waals surface area contributed by atoms with E-state index in [2.05, 4.69) is 375 Å². The van der Waals surface area contributed by atoms with Crippen molar-refractivity contribution >= 4 is 34.1 Å². The van der Waals surface area contributed by atoms with Crippen LogP contribution in [0.15, 0.2) is 352 Å². The van der Waals surface area contributed by atoms with E-state index in [-0.39, 0.29) is 5.41 Å². The maximum atomic E-state index is 2.44. The minimum atomic E-state index is -0.333. The van der Waals surface area contributed by atoms with Gasteiger partial charge in [-0.3, -0.25) is 0 Å². The summed E-state index contributed by atoms with van der Waals surface area (Å²) in [5, 5.41) is 0. The largest absolute Gasteiger partial charge is 0.310 e. The third kappa shape index (κ3) is 10.8. The number of hydrogen-bond acceptors (Lipinski definition) is 2. The average Bonchev–Trinajstić information content (AvgIpc) is 1.64. The van der Waals surface area contributed by atoms with Gasteiger partial charge in [-0.1, -0.05) is 281 Å². The summed E-state index contributed by atoms with van der Waals surface area (Å²) in [6.07, 6.45) is 0. The molecule has 0 spiro atoms. The molecule has 89 heavy (non-hydrogen) atoms. The van der Waals surface area contributed by atoms with Crippen LogP contribution in [0.4, 0.5) is 34.1 Å². The molecule has 0 aliphatic heterocycles. The van der Waals surface area contributed by atoms with Crippen molar-refractivity contribution in [2.24, 2.45) is 0 Å². The standard InChI is InChI=1S/C87H64N2/c1-87(2)85-59-81(88(77-45-37-69(38-46-77)67-33-29-65(30-34-67)61-17-7-3-8-18-61)79-49-41-71(42-50-79)75-27-15-25-73(57-75)63-21-11-5-12-22-63)53-55-83(85)84-56-54-82(60-86(84)87)89(78-47-39-70(40-48-78)68-35-31-66(32-36-68)62-19-9-4-10-20-62)80-51-43-72(44-52-80)76-28-16-26-74(58-76)64-23-13-6-14-24-64/h3-60H,1-2H3. The molecule has 0 aromatic heterocycles. The van der Waals surface area contributed by atoms with Gasteiger partial charge in [-0.15, -0.1) is 0 Å². The molecule has 14 aromatic carbocycles. The van der Waals surface area contributed by atoms with Gasteiger partial charge in [0, 0.05) is 39.5 Å². The Morgan fingerprint density at radius 3 is 0.618 bits per heavy atom. The van der Waals surface area contributed by atoms with E-state index in [1.54, 1.807) is 0 Å². The van der Waals surface area contributed by atoms with Gasteiger partial charge in [0.15, 0.2) is 0 Å². The molecule has 14 aromatic rings. The molecular formula is C87H64N2. The number of rotatable bonds is 14. The highest BCUT2D eigenvalue weighted by Crippen LogP contribution is 2.53. The summed E-state index contributed by atoms with van der Waals surface area (Å²) >= 11 is 0. The van der Waals surface area contributed by atoms with Crippen LogP contribution in [0.3, 0.4) is 0 Å². The second-order valence-corrected chi connectivity index (χ2v) is 23.7. The van der Waals surface area contributed by atoms with Crippen molar-refractivity contribution in [2.45, 2.75) is 19.3 Å². The molecular weight excluding hydrogens is 1070 g/mol. The predicted octanol–water partition coefficient (Wildman–Crippen LogP) is 24.3. The first-order chi connectivity index (χ1) is 43.8. The van der Waals surface area contributed by atoms with Crippen LogP contribution in [-0.4, -0.2) is 0 Å². The van der Waals surface area contributed by atoms with Gasteiger partial charge in [0.25, 0.3) is 0 Å². The van der Waals surface area contributed by atoms with Gasteiger partial charge in [0.05, 0.1) is 0 Å².